The molecule has 2 heterocycles. The van der Waals surface area contributed by atoms with E-state index in [0.29, 0.717) is 17.9 Å². The van der Waals surface area contributed by atoms with E-state index in [9.17, 15) is 9.59 Å². The Hall–Kier alpha value is -2.93. The van der Waals surface area contributed by atoms with Crippen molar-refractivity contribution in [2.24, 2.45) is 0 Å². The van der Waals surface area contributed by atoms with E-state index < -0.39 is 12.6 Å². The summed E-state index contributed by atoms with van der Waals surface area (Å²) < 4.78 is 6.31. The molecule has 1 N–H and O–H groups in total. The van der Waals surface area contributed by atoms with E-state index in [1.54, 1.807) is 35.6 Å². The van der Waals surface area contributed by atoms with E-state index in [2.05, 4.69) is 0 Å². The first kappa shape index (κ1) is 17.5. The molecule has 1 amide bonds. The number of para-hydroxylation sites is 1. The summed E-state index contributed by atoms with van der Waals surface area (Å²) in [5, 5.41) is 9.70. The van der Waals surface area contributed by atoms with Crippen molar-refractivity contribution in [3.8, 4) is 5.75 Å². The van der Waals surface area contributed by atoms with Gasteiger partial charge in [-0.1, -0.05) is 18.2 Å². The summed E-state index contributed by atoms with van der Waals surface area (Å²) >= 11 is 1.63. The molecule has 138 valence electrons. The molecule has 3 aromatic rings. The van der Waals surface area contributed by atoms with Crippen molar-refractivity contribution in [2.75, 3.05) is 13.2 Å². The number of aliphatic carboxylic acids is 1. The van der Waals surface area contributed by atoms with Crippen LogP contribution in [0.2, 0.25) is 0 Å². The average Bonchev–Trinajstić information content (AvgIpc) is 3.32. The van der Waals surface area contributed by atoms with Crippen molar-refractivity contribution >= 4 is 33.4 Å². The lowest BCUT2D eigenvalue weighted by Crippen LogP contribution is -2.30. The van der Waals surface area contributed by atoms with Gasteiger partial charge in [0.05, 0.1) is 16.3 Å². The molecule has 27 heavy (non-hydrogen) atoms. The summed E-state index contributed by atoms with van der Waals surface area (Å²) in [7, 11) is 0. The second-order valence-corrected chi connectivity index (χ2v) is 7.45. The average molecular weight is 382 g/mol. The smallest absolute Gasteiger partial charge is 0.341 e. The number of amides is 1. The molecule has 6 nitrogen and oxygen atoms in total. The first-order valence-electron chi connectivity index (χ1n) is 8.73. The van der Waals surface area contributed by atoms with Gasteiger partial charge in [0.25, 0.3) is 5.91 Å². The van der Waals surface area contributed by atoms with Crippen molar-refractivity contribution in [1.82, 2.24) is 9.88 Å². The van der Waals surface area contributed by atoms with Crippen molar-refractivity contribution in [2.45, 2.75) is 18.9 Å². The van der Waals surface area contributed by atoms with Gasteiger partial charge >= 0.3 is 5.97 Å². The van der Waals surface area contributed by atoms with Crippen LogP contribution in [0.15, 0.2) is 48.5 Å². The number of hydrogen-bond acceptors (Lipinski definition) is 5. The Kier molecular flexibility index (Phi) is 4.77. The third kappa shape index (κ3) is 3.64. The predicted molar refractivity (Wildman–Crippen MR) is 102 cm³/mol. The minimum atomic E-state index is -1.05. The number of carbonyl (C=O) groups excluding carboxylic acids is 1. The highest BCUT2D eigenvalue weighted by molar-refractivity contribution is 7.18. The van der Waals surface area contributed by atoms with Gasteiger partial charge in [-0.2, -0.15) is 0 Å². The molecule has 7 heteroatoms. The highest BCUT2D eigenvalue weighted by Gasteiger charge is 2.32. The van der Waals surface area contributed by atoms with Crippen LogP contribution in [0.3, 0.4) is 0 Å². The molecule has 0 aliphatic carbocycles. The van der Waals surface area contributed by atoms with Crippen LogP contribution in [0.25, 0.3) is 10.2 Å². The number of benzene rings is 2. The Morgan fingerprint density at radius 1 is 1.22 bits per heavy atom. The summed E-state index contributed by atoms with van der Waals surface area (Å²) in [5.41, 5.74) is 1.45. The zero-order chi connectivity index (χ0) is 18.8. The molecule has 1 aliphatic rings. The van der Waals surface area contributed by atoms with Crippen molar-refractivity contribution in [3.63, 3.8) is 0 Å². The fourth-order valence-corrected chi connectivity index (χ4v) is 4.44. The molecule has 1 aliphatic heterocycles. The first-order valence-corrected chi connectivity index (χ1v) is 9.54. The largest absolute Gasteiger partial charge is 0.482 e. The van der Waals surface area contributed by atoms with E-state index in [1.165, 1.54) is 0 Å². The monoisotopic (exact) mass is 382 g/mol. The van der Waals surface area contributed by atoms with Gasteiger partial charge in [-0.15, -0.1) is 11.3 Å². The summed E-state index contributed by atoms with van der Waals surface area (Å²) in [6, 6.07) is 14.6. The van der Waals surface area contributed by atoms with Crippen LogP contribution in [0.1, 0.15) is 34.2 Å². The minimum Gasteiger partial charge on any atom is -0.482 e. The topological polar surface area (TPSA) is 79.7 Å². The molecule has 0 spiro atoms. The van der Waals surface area contributed by atoms with E-state index in [1.807, 2.05) is 29.2 Å². The molecule has 0 bridgehead atoms. The van der Waals surface area contributed by atoms with Gasteiger partial charge in [0.15, 0.2) is 6.61 Å². The lowest BCUT2D eigenvalue weighted by molar-refractivity contribution is -0.139. The number of likely N-dealkylation sites (tertiary alicyclic amines) is 1. The fraction of sp³-hybridized carbons (Fsp3) is 0.250. The fourth-order valence-electron chi connectivity index (χ4n) is 3.33. The van der Waals surface area contributed by atoms with Crippen LogP contribution >= 0.6 is 11.3 Å². The summed E-state index contributed by atoms with van der Waals surface area (Å²) in [5.74, 6) is -0.765. The van der Waals surface area contributed by atoms with Gasteiger partial charge in [0.1, 0.15) is 10.8 Å². The Morgan fingerprint density at radius 3 is 2.89 bits per heavy atom. The number of ether oxygens (including phenoxy) is 1. The number of hydrogen-bond donors (Lipinski definition) is 1. The SMILES string of the molecule is O=C(O)COc1cccc(C(=O)N2CCCC2c2nc3ccccc3s2)c1. The van der Waals surface area contributed by atoms with Crippen molar-refractivity contribution < 1.29 is 19.4 Å². The molecule has 1 atom stereocenters. The minimum absolute atomic E-state index is 0.0292. The van der Waals surface area contributed by atoms with Crippen LogP contribution in [0.5, 0.6) is 5.75 Å². The highest BCUT2D eigenvalue weighted by atomic mass is 32.1. The van der Waals surface area contributed by atoms with E-state index in [4.69, 9.17) is 14.8 Å². The Bertz CT molecular complexity index is 967. The Labute approximate surface area is 160 Å². The second-order valence-electron chi connectivity index (χ2n) is 6.39. The van der Waals surface area contributed by atoms with Gasteiger partial charge in [-0.3, -0.25) is 4.79 Å². The summed E-state index contributed by atoms with van der Waals surface area (Å²) in [6.45, 7) is 0.245. The summed E-state index contributed by atoms with van der Waals surface area (Å²) in [4.78, 5) is 30.3. The maximum atomic E-state index is 13.1. The number of rotatable bonds is 5. The Balaban J connectivity index is 1.57. The maximum absolute atomic E-state index is 13.1. The highest BCUT2D eigenvalue weighted by Crippen LogP contribution is 2.37. The summed E-state index contributed by atoms with van der Waals surface area (Å²) in [6.07, 6.45) is 1.82. The molecule has 1 unspecified atom stereocenters. The zero-order valence-electron chi connectivity index (χ0n) is 14.5. The van der Waals surface area contributed by atoms with Gasteiger partial charge in [0, 0.05) is 12.1 Å². The molecule has 0 saturated carbocycles. The zero-order valence-corrected chi connectivity index (χ0v) is 15.3. The number of thiazole rings is 1. The first-order chi connectivity index (χ1) is 13.1. The van der Waals surface area contributed by atoms with E-state index in [0.717, 1.165) is 28.1 Å². The molecule has 4 rings (SSSR count). The molecule has 1 aromatic heterocycles. The third-order valence-corrected chi connectivity index (χ3v) is 5.69. The quantitative estimate of drug-likeness (QED) is 0.727. The number of carboxylic acid groups (broad SMARTS) is 1. The van der Waals surface area contributed by atoms with Crippen LogP contribution in [0.4, 0.5) is 0 Å². The molecular weight excluding hydrogens is 364 g/mol. The second kappa shape index (κ2) is 7.36. The lowest BCUT2D eigenvalue weighted by Gasteiger charge is -2.23. The Morgan fingerprint density at radius 2 is 2.07 bits per heavy atom. The predicted octanol–water partition coefficient (Wildman–Crippen LogP) is 3.74. The van der Waals surface area contributed by atoms with Crippen LogP contribution < -0.4 is 4.74 Å². The number of carbonyl (C=O) groups is 2. The van der Waals surface area contributed by atoms with E-state index in [-0.39, 0.29) is 11.9 Å². The van der Waals surface area contributed by atoms with Gasteiger partial charge in [-0.25, -0.2) is 9.78 Å². The van der Waals surface area contributed by atoms with Crippen LogP contribution in [0, 0.1) is 0 Å². The van der Waals surface area contributed by atoms with Crippen molar-refractivity contribution in [3.05, 3.63) is 59.1 Å². The van der Waals surface area contributed by atoms with Gasteiger partial charge in [0.2, 0.25) is 0 Å². The molecule has 0 radical (unpaired) electrons. The molecule has 2 aromatic carbocycles. The third-order valence-electron chi connectivity index (χ3n) is 4.55. The molecular formula is C20H18N2O4S. The number of fused-ring (bicyclic) bond motifs is 1. The van der Waals surface area contributed by atoms with Crippen molar-refractivity contribution in [1.29, 1.82) is 0 Å². The number of nitrogens with zero attached hydrogens (tertiary/aromatic N) is 2. The lowest BCUT2D eigenvalue weighted by atomic mass is 10.1. The van der Waals surface area contributed by atoms with Crippen LogP contribution in [-0.2, 0) is 4.79 Å². The normalized spacial score (nSPS) is 16.6. The van der Waals surface area contributed by atoms with Gasteiger partial charge < -0.3 is 14.7 Å². The number of aromatic nitrogens is 1. The standard InChI is InChI=1S/C20H18N2O4S/c23-18(24)12-26-14-6-3-5-13(11-14)20(25)22-10-4-8-16(22)19-21-15-7-1-2-9-17(15)27-19/h1-3,5-7,9,11,16H,4,8,10,12H2,(H,23,24). The maximum Gasteiger partial charge on any atom is 0.341 e. The van der Waals surface area contributed by atoms with Gasteiger partial charge in [-0.05, 0) is 43.2 Å². The van der Waals surface area contributed by atoms with Crippen LogP contribution in [-0.4, -0.2) is 40.0 Å². The molecule has 1 saturated heterocycles. The van der Waals surface area contributed by atoms with E-state index >= 15 is 0 Å². The molecule has 1 fully saturated rings. The number of carboxylic acids is 1.